The highest BCUT2D eigenvalue weighted by Crippen LogP contribution is 2.34. The normalized spacial score (nSPS) is 13.2. The molecule has 0 aliphatic carbocycles. The van der Waals surface area contributed by atoms with Gasteiger partial charge in [0.15, 0.2) is 17.3 Å². The standard InChI is InChI=1S/C30H35N3O6/c1-19(2)21-9-11-22(12-10-21)27(29(36)32-30(3,4)5)33(17-20-8-13-23-25(15-20)39-18-38-23)26(34)16-31-28(35)24-7-6-14-37-24/h6-15,19,27H,16-18H2,1-5H3,(H,31,35)(H,32,36). The zero-order chi connectivity index (χ0) is 28.2. The highest BCUT2D eigenvalue weighted by atomic mass is 16.7. The Morgan fingerprint density at radius 2 is 1.64 bits per heavy atom. The van der Waals surface area contributed by atoms with Crippen LogP contribution in [-0.4, -0.2) is 41.5 Å². The topological polar surface area (TPSA) is 110 Å². The van der Waals surface area contributed by atoms with E-state index in [9.17, 15) is 14.4 Å². The van der Waals surface area contributed by atoms with E-state index >= 15 is 0 Å². The maximum Gasteiger partial charge on any atom is 0.287 e. The Balaban J connectivity index is 1.69. The van der Waals surface area contributed by atoms with E-state index in [0.717, 1.165) is 11.1 Å². The summed E-state index contributed by atoms with van der Waals surface area (Å²) in [5.74, 6) is 0.311. The van der Waals surface area contributed by atoms with E-state index in [1.54, 1.807) is 18.2 Å². The third-order valence-corrected chi connectivity index (χ3v) is 6.23. The van der Waals surface area contributed by atoms with Gasteiger partial charge in [0, 0.05) is 12.1 Å². The molecule has 1 atom stereocenters. The first-order valence-electron chi connectivity index (χ1n) is 12.9. The molecule has 1 aliphatic heterocycles. The van der Waals surface area contributed by atoms with Gasteiger partial charge in [-0.2, -0.15) is 0 Å². The van der Waals surface area contributed by atoms with Gasteiger partial charge in [-0.3, -0.25) is 14.4 Å². The number of hydrogen-bond donors (Lipinski definition) is 2. The Kier molecular flexibility index (Phi) is 8.28. The van der Waals surface area contributed by atoms with Crippen LogP contribution in [0.25, 0.3) is 0 Å². The number of carbonyl (C=O) groups is 3. The minimum Gasteiger partial charge on any atom is -0.459 e. The summed E-state index contributed by atoms with van der Waals surface area (Å²) in [5, 5.41) is 5.64. The molecule has 39 heavy (non-hydrogen) atoms. The van der Waals surface area contributed by atoms with E-state index in [1.165, 1.54) is 17.2 Å². The summed E-state index contributed by atoms with van der Waals surface area (Å²) in [4.78, 5) is 41.5. The van der Waals surface area contributed by atoms with Crippen molar-refractivity contribution in [1.82, 2.24) is 15.5 Å². The van der Waals surface area contributed by atoms with Crippen molar-refractivity contribution >= 4 is 17.7 Å². The molecule has 3 aromatic rings. The molecular formula is C30H35N3O6. The number of hydrogen-bond acceptors (Lipinski definition) is 6. The van der Waals surface area contributed by atoms with E-state index in [0.29, 0.717) is 23.0 Å². The lowest BCUT2D eigenvalue weighted by molar-refractivity contribution is -0.141. The average molecular weight is 534 g/mol. The molecule has 2 aromatic carbocycles. The molecule has 0 saturated carbocycles. The van der Waals surface area contributed by atoms with Crippen molar-refractivity contribution in [2.45, 2.75) is 58.7 Å². The molecular weight excluding hydrogens is 498 g/mol. The van der Waals surface area contributed by atoms with Crippen molar-refractivity contribution in [1.29, 1.82) is 0 Å². The minimum atomic E-state index is -0.955. The third kappa shape index (κ3) is 6.98. The van der Waals surface area contributed by atoms with Crippen LogP contribution in [0.4, 0.5) is 0 Å². The number of fused-ring (bicyclic) bond motifs is 1. The maximum atomic E-state index is 13.8. The molecule has 4 rings (SSSR count). The van der Waals surface area contributed by atoms with Crippen molar-refractivity contribution in [2.24, 2.45) is 0 Å². The molecule has 9 nitrogen and oxygen atoms in total. The van der Waals surface area contributed by atoms with Crippen LogP contribution < -0.4 is 20.1 Å². The van der Waals surface area contributed by atoms with Crippen LogP contribution in [0.5, 0.6) is 11.5 Å². The summed E-state index contributed by atoms with van der Waals surface area (Å²) in [6.45, 7) is 9.74. The molecule has 0 radical (unpaired) electrons. The first kappa shape index (κ1) is 27.8. The first-order chi connectivity index (χ1) is 18.5. The maximum absolute atomic E-state index is 13.8. The number of carbonyl (C=O) groups excluding carboxylic acids is 3. The third-order valence-electron chi connectivity index (χ3n) is 6.23. The van der Waals surface area contributed by atoms with Crippen LogP contribution in [0.15, 0.2) is 65.3 Å². The fraction of sp³-hybridized carbons (Fsp3) is 0.367. The molecule has 2 heterocycles. The van der Waals surface area contributed by atoms with Crippen molar-refractivity contribution in [3.8, 4) is 11.5 Å². The summed E-state index contributed by atoms with van der Waals surface area (Å²) in [5.41, 5.74) is 1.99. The van der Waals surface area contributed by atoms with Gasteiger partial charge >= 0.3 is 0 Å². The minimum absolute atomic E-state index is 0.0939. The Morgan fingerprint density at radius 1 is 0.949 bits per heavy atom. The lowest BCUT2D eigenvalue weighted by Gasteiger charge is -2.34. The van der Waals surface area contributed by atoms with Crippen LogP contribution in [0.3, 0.4) is 0 Å². The monoisotopic (exact) mass is 533 g/mol. The smallest absolute Gasteiger partial charge is 0.287 e. The highest BCUT2D eigenvalue weighted by molar-refractivity contribution is 5.95. The summed E-state index contributed by atoms with van der Waals surface area (Å²) in [7, 11) is 0. The molecule has 3 amide bonds. The van der Waals surface area contributed by atoms with Crippen molar-refractivity contribution in [3.63, 3.8) is 0 Å². The molecule has 2 N–H and O–H groups in total. The molecule has 206 valence electrons. The number of ether oxygens (including phenoxy) is 2. The predicted octanol–water partition coefficient (Wildman–Crippen LogP) is 4.55. The predicted molar refractivity (Wildman–Crippen MR) is 145 cm³/mol. The molecule has 0 spiro atoms. The highest BCUT2D eigenvalue weighted by Gasteiger charge is 2.34. The summed E-state index contributed by atoms with van der Waals surface area (Å²) >= 11 is 0. The molecule has 1 aromatic heterocycles. The van der Waals surface area contributed by atoms with Gasteiger partial charge in [0.25, 0.3) is 5.91 Å². The number of amides is 3. The average Bonchev–Trinajstić information content (AvgIpc) is 3.58. The van der Waals surface area contributed by atoms with Gasteiger partial charge in [-0.1, -0.05) is 44.2 Å². The van der Waals surface area contributed by atoms with E-state index in [-0.39, 0.29) is 31.5 Å². The van der Waals surface area contributed by atoms with Crippen LogP contribution in [-0.2, 0) is 16.1 Å². The van der Waals surface area contributed by atoms with Gasteiger partial charge in [-0.25, -0.2) is 0 Å². The molecule has 1 aliphatic rings. The summed E-state index contributed by atoms with van der Waals surface area (Å²) in [6, 6.07) is 15.3. The Bertz CT molecular complexity index is 1310. The van der Waals surface area contributed by atoms with E-state index in [2.05, 4.69) is 24.5 Å². The molecule has 0 fully saturated rings. The SMILES string of the molecule is CC(C)c1ccc(C(C(=O)NC(C)(C)C)N(Cc2ccc3c(c2)OCO3)C(=O)CNC(=O)c2ccco2)cc1. The summed E-state index contributed by atoms with van der Waals surface area (Å²) < 4.78 is 16.1. The van der Waals surface area contributed by atoms with Crippen molar-refractivity contribution < 1.29 is 28.3 Å². The van der Waals surface area contributed by atoms with Crippen LogP contribution in [0.2, 0.25) is 0 Å². The van der Waals surface area contributed by atoms with E-state index < -0.39 is 23.4 Å². The molecule has 1 unspecified atom stereocenters. The zero-order valence-electron chi connectivity index (χ0n) is 22.9. The number of rotatable bonds is 9. The molecule has 0 bridgehead atoms. The Morgan fingerprint density at radius 3 is 2.28 bits per heavy atom. The van der Waals surface area contributed by atoms with Gasteiger partial charge in [0.05, 0.1) is 12.8 Å². The second-order valence-corrected chi connectivity index (χ2v) is 10.8. The fourth-order valence-corrected chi connectivity index (χ4v) is 4.29. The Labute approximate surface area is 228 Å². The lowest BCUT2D eigenvalue weighted by atomic mass is 9.96. The number of nitrogens with zero attached hydrogens (tertiary/aromatic N) is 1. The quantitative estimate of drug-likeness (QED) is 0.418. The number of nitrogens with one attached hydrogen (secondary N) is 2. The van der Waals surface area contributed by atoms with E-state index in [4.69, 9.17) is 13.9 Å². The fourth-order valence-electron chi connectivity index (χ4n) is 4.29. The van der Waals surface area contributed by atoms with Crippen LogP contribution >= 0.6 is 0 Å². The van der Waals surface area contributed by atoms with Gasteiger partial charge in [-0.05, 0) is 67.6 Å². The number of benzene rings is 2. The largest absolute Gasteiger partial charge is 0.459 e. The second kappa shape index (κ2) is 11.6. The van der Waals surface area contributed by atoms with Gasteiger partial charge in [0.1, 0.15) is 6.04 Å². The van der Waals surface area contributed by atoms with Gasteiger partial charge in [-0.15, -0.1) is 0 Å². The molecule has 9 heteroatoms. The van der Waals surface area contributed by atoms with Crippen LogP contribution in [0, 0.1) is 0 Å². The first-order valence-corrected chi connectivity index (χ1v) is 12.9. The van der Waals surface area contributed by atoms with Crippen molar-refractivity contribution in [3.05, 3.63) is 83.3 Å². The van der Waals surface area contributed by atoms with Gasteiger partial charge in [0.2, 0.25) is 18.6 Å². The Hall–Kier alpha value is -4.27. The van der Waals surface area contributed by atoms with Crippen molar-refractivity contribution in [2.75, 3.05) is 13.3 Å². The molecule has 0 saturated heterocycles. The second-order valence-electron chi connectivity index (χ2n) is 10.8. The lowest BCUT2D eigenvalue weighted by Crippen LogP contribution is -2.50. The number of furan rings is 1. The zero-order valence-corrected chi connectivity index (χ0v) is 22.9. The van der Waals surface area contributed by atoms with E-state index in [1.807, 2.05) is 51.1 Å². The van der Waals surface area contributed by atoms with Gasteiger partial charge < -0.3 is 29.4 Å². The summed E-state index contributed by atoms with van der Waals surface area (Å²) in [6.07, 6.45) is 1.39. The van der Waals surface area contributed by atoms with Crippen LogP contribution in [0.1, 0.15) is 73.8 Å².